The molecule has 146 valence electrons. The van der Waals surface area contributed by atoms with E-state index >= 15 is 0 Å². The molecule has 2 aromatic carbocycles. The molecule has 0 aliphatic rings. The molecule has 0 bridgehead atoms. The summed E-state index contributed by atoms with van der Waals surface area (Å²) in [5.41, 5.74) is 3.67. The Kier molecular flexibility index (Phi) is 5.29. The summed E-state index contributed by atoms with van der Waals surface area (Å²) in [7, 11) is 0. The van der Waals surface area contributed by atoms with E-state index in [1.807, 2.05) is 0 Å². The minimum Gasteiger partial charge on any atom is -0.506 e. The number of halogens is 1. The number of phenols is 1. The molecule has 0 saturated heterocycles. The summed E-state index contributed by atoms with van der Waals surface area (Å²) in [5.74, 6) is -0.0742. The number of H-pyrrole nitrogens is 1. The van der Waals surface area contributed by atoms with Gasteiger partial charge in [-0.2, -0.15) is 0 Å². The highest BCUT2D eigenvalue weighted by Crippen LogP contribution is 2.21. The maximum atomic E-state index is 12.3. The van der Waals surface area contributed by atoms with Crippen LogP contribution >= 0.6 is 12.4 Å². The lowest BCUT2D eigenvalue weighted by Crippen LogP contribution is -2.30. The topological polar surface area (TPSA) is 92.9 Å². The van der Waals surface area contributed by atoms with Gasteiger partial charge in [0.25, 0.3) is 5.56 Å². The Morgan fingerprint density at radius 1 is 1.11 bits per heavy atom. The summed E-state index contributed by atoms with van der Waals surface area (Å²) in [5, 5.41) is 10.5. The van der Waals surface area contributed by atoms with E-state index in [9.17, 15) is 14.7 Å². The number of phenolic OH excluding ortho intramolecular Hbond substituents is 1. The minimum absolute atomic E-state index is 0. The lowest BCUT2D eigenvalue weighted by molar-refractivity contribution is 0.473. The first-order valence-electron chi connectivity index (χ1n) is 8.82. The zero-order valence-corrected chi connectivity index (χ0v) is 16.4. The molecule has 0 aliphatic carbocycles. The average molecular weight is 401 g/mol. The zero-order valence-electron chi connectivity index (χ0n) is 15.6. The summed E-state index contributed by atoms with van der Waals surface area (Å²) in [6.45, 7) is 5.17. The number of nitrogens with one attached hydrogen (secondary N) is 1. The molecule has 0 unspecified atom stereocenters. The van der Waals surface area contributed by atoms with Crippen molar-refractivity contribution in [2.45, 2.75) is 33.4 Å². The highest BCUT2D eigenvalue weighted by Gasteiger charge is 2.11. The van der Waals surface area contributed by atoms with E-state index in [-0.39, 0.29) is 23.7 Å². The van der Waals surface area contributed by atoms with Crippen LogP contribution in [0.25, 0.3) is 21.9 Å². The SMILES string of the molecule is Cc1cc2ncn(CCCn3c(=O)[nH]c(=O)c4cccc(O)c43)c2cc1C.Cl. The third kappa shape index (κ3) is 3.29. The van der Waals surface area contributed by atoms with Crippen molar-refractivity contribution in [3.63, 3.8) is 0 Å². The van der Waals surface area contributed by atoms with Crippen molar-refractivity contribution < 1.29 is 5.11 Å². The van der Waals surface area contributed by atoms with E-state index in [0.717, 1.165) is 11.0 Å². The predicted molar refractivity (Wildman–Crippen MR) is 112 cm³/mol. The second-order valence-corrected chi connectivity index (χ2v) is 6.80. The van der Waals surface area contributed by atoms with Crippen LogP contribution < -0.4 is 11.2 Å². The lowest BCUT2D eigenvalue weighted by atomic mass is 10.1. The molecule has 0 atom stereocenters. The van der Waals surface area contributed by atoms with Crippen LogP contribution in [0.3, 0.4) is 0 Å². The number of aromatic hydroxyl groups is 1. The third-order valence-electron chi connectivity index (χ3n) is 5.01. The van der Waals surface area contributed by atoms with Crippen molar-refractivity contribution in [3.05, 3.63) is 68.6 Å². The van der Waals surface area contributed by atoms with Crippen LogP contribution in [0.1, 0.15) is 17.5 Å². The van der Waals surface area contributed by atoms with Crippen LogP contribution in [0.15, 0.2) is 46.2 Å². The highest BCUT2D eigenvalue weighted by molar-refractivity contribution is 5.85. The molecular weight excluding hydrogens is 380 g/mol. The molecular formula is C20H21ClN4O3. The monoisotopic (exact) mass is 400 g/mol. The van der Waals surface area contributed by atoms with Gasteiger partial charge in [0.2, 0.25) is 0 Å². The number of aryl methyl sites for hydroxylation is 4. The minimum atomic E-state index is -0.518. The molecule has 8 heteroatoms. The summed E-state index contributed by atoms with van der Waals surface area (Å²) in [4.78, 5) is 31.0. The van der Waals surface area contributed by atoms with Crippen LogP contribution in [0.2, 0.25) is 0 Å². The van der Waals surface area contributed by atoms with Crippen molar-refractivity contribution in [1.29, 1.82) is 0 Å². The zero-order chi connectivity index (χ0) is 19.1. The van der Waals surface area contributed by atoms with Crippen molar-refractivity contribution in [2.75, 3.05) is 0 Å². The molecule has 0 aliphatic heterocycles. The number of aromatic nitrogens is 4. The Morgan fingerprint density at radius 2 is 1.86 bits per heavy atom. The summed E-state index contributed by atoms with van der Waals surface area (Å²) >= 11 is 0. The van der Waals surface area contributed by atoms with E-state index in [1.54, 1.807) is 18.5 Å². The number of imidazole rings is 1. The van der Waals surface area contributed by atoms with E-state index in [4.69, 9.17) is 0 Å². The van der Waals surface area contributed by atoms with Gasteiger partial charge in [-0.1, -0.05) is 6.07 Å². The fourth-order valence-corrected chi connectivity index (χ4v) is 3.44. The summed E-state index contributed by atoms with van der Waals surface area (Å²) < 4.78 is 3.47. The number of hydrogen-bond donors (Lipinski definition) is 2. The number of aromatic amines is 1. The number of rotatable bonds is 4. The summed E-state index contributed by atoms with van der Waals surface area (Å²) in [6, 6.07) is 8.85. The highest BCUT2D eigenvalue weighted by atomic mass is 35.5. The van der Waals surface area contributed by atoms with Gasteiger partial charge >= 0.3 is 5.69 Å². The van der Waals surface area contributed by atoms with Crippen molar-refractivity contribution in [1.82, 2.24) is 19.1 Å². The van der Waals surface area contributed by atoms with Crippen LogP contribution in [-0.2, 0) is 13.1 Å². The molecule has 0 saturated carbocycles. The van der Waals surface area contributed by atoms with E-state index in [1.165, 1.54) is 21.8 Å². The molecule has 28 heavy (non-hydrogen) atoms. The maximum absolute atomic E-state index is 12.3. The third-order valence-corrected chi connectivity index (χ3v) is 5.01. The van der Waals surface area contributed by atoms with Crippen molar-refractivity contribution in [2.24, 2.45) is 0 Å². The normalized spacial score (nSPS) is 11.1. The first-order valence-corrected chi connectivity index (χ1v) is 8.82. The Morgan fingerprint density at radius 3 is 2.64 bits per heavy atom. The Balaban J connectivity index is 0.00000225. The predicted octanol–water partition coefficient (Wildman–Crippen LogP) is 2.87. The Labute approximate surface area is 166 Å². The molecule has 2 heterocycles. The van der Waals surface area contributed by atoms with Gasteiger partial charge < -0.3 is 9.67 Å². The van der Waals surface area contributed by atoms with Crippen LogP contribution in [0.4, 0.5) is 0 Å². The number of benzene rings is 2. The fourth-order valence-electron chi connectivity index (χ4n) is 3.44. The second kappa shape index (κ2) is 7.52. The van der Waals surface area contributed by atoms with Crippen molar-refractivity contribution >= 4 is 34.3 Å². The van der Waals surface area contributed by atoms with E-state index in [0.29, 0.717) is 24.9 Å². The van der Waals surface area contributed by atoms with Crippen LogP contribution in [0, 0.1) is 13.8 Å². The first kappa shape index (κ1) is 19.7. The molecule has 2 aromatic heterocycles. The molecule has 0 amide bonds. The molecule has 4 rings (SSSR count). The fraction of sp³-hybridized carbons (Fsp3) is 0.250. The Bertz CT molecular complexity index is 1290. The van der Waals surface area contributed by atoms with Gasteiger partial charge in [-0.05, 0) is 55.7 Å². The van der Waals surface area contributed by atoms with Gasteiger partial charge in [-0.15, -0.1) is 12.4 Å². The molecule has 7 nitrogen and oxygen atoms in total. The quantitative estimate of drug-likeness (QED) is 0.551. The second-order valence-electron chi connectivity index (χ2n) is 6.80. The maximum Gasteiger partial charge on any atom is 0.328 e. The van der Waals surface area contributed by atoms with Gasteiger partial charge in [0.05, 0.1) is 22.7 Å². The van der Waals surface area contributed by atoms with Crippen molar-refractivity contribution in [3.8, 4) is 5.75 Å². The largest absolute Gasteiger partial charge is 0.506 e. The molecule has 0 fully saturated rings. The van der Waals surface area contributed by atoms with E-state index in [2.05, 4.69) is 40.5 Å². The molecule has 4 aromatic rings. The number of fused-ring (bicyclic) bond motifs is 2. The van der Waals surface area contributed by atoms with Gasteiger partial charge in [0.15, 0.2) is 0 Å². The van der Waals surface area contributed by atoms with Crippen LogP contribution in [-0.4, -0.2) is 24.2 Å². The number of nitrogens with zero attached hydrogens (tertiary/aromatic N) is 3. The number of para-hydroxylation sites is 1. The van der Waals surface area contributed by atoms with Crippen LogP contribution in [0.5, 0.6) is 5.75 Å². The smallest absolute Gasteiger partial charge is 0.328 e. The van der Waals surface area contributed by atoms with Gasteiger partial charge in [0.1, 0.15) is 11.3 Å². The molecule has 0 spiro atoms. The van der Waals surface area contributed by atoms with E-state index < -0.39 is 11.2 Å². The average Bonchev–Trinajstić information content (AvgIpc) is 3.00. The van der Waals surface area contributed by atoms with Gasteiger partial charge in [0, 0.05) is 13.1 Å². The lowest BCUT2D eigenvalue weighted by Gasteiger charge is -2.11. The van der Waals surface area contributed by atoms with Gasteiger partial charge in [-0.3, -0.25) is 14.3 Å². The molecule has 0 radical (unpaired) electrons. The number of hydrogen-bond acceptors (Lipinski definition) is 4. The van der Waals surface area contributed by atoms with Gasteiger partial charge in [-0.25, -0.2) is 9.78 Å². The Hall–Kier alpha value is -3.06. The summed E-state index contributed by atoms with van der Waals surface area (Å²) in [6.07, 6.45) is 2.45. The molecule has 2 N–H and O–H groups in total. The standard InChI is InChI=1S/C20H20N4O3.ClH/c1-12-9-15-16(10-13(12)2)23(11-21-15)7-4-8-24-18-14(5-3-6-17(18)25)19(26)22-20(24)27;/h3,5-6,9-11,25H,4,7-8H2,1-2H3,(H,22,26,27);1H. The first-order chi connectivity index (χ1) is 13.0.